The maximum absolute atomic E-state index is 5.90. The van der Waals surface area contributed by atoms with E-state index in [4.69, 9.17) is 10.5 Å². The number of ether oxygens (including phenoxy) is 1. The van der Waals surface area contributed by atoms with Crippen molar-refractivity contribution in [1.82, 2.24) is 0 Å². The third-order valence-electron chi connectivity index (χ3n) is 3.89. The summed E-state index contributed by atoms with van der Waals surface area (Å²) in [6, 6.07) is 7.00. The van der Waals surface area contributed by atoms with Gasteiger partial charge in [0.1, 0.15) is 5.75 Å². The Kier molecular flexibility index (Phi) is 7.08. The summed E-state index contributed by atoms with van der Waals surface area (Å²) >= 11 is 0. The molecule has 0 bridgehead atoms. The van der Waals surface area contributed by atoms with Gasteiger partial charge in [-0.05, 0) is 62.1 Å². The molecule has 1 aromatic carbocycles. The zero-order chi connectivity index (χ0) is 15.1. The first-order valence-electron chi connectivity index (χ1n) is 8.01. The molecule has 0 spiro atoms. The summed E-state index contributed by atoms with van der Waals surface area (Å²) in [6.45, 7) is 11.6. The Morgan fingerprint density at radius 1 is 1.10 bits per heavy atom. The molecule has 0 radical (unpaired) electrons. The lowest BCUT2D eigenvalue weighted by Gasteiger charge is -2.20. The highest BCUT2D eigenvalue weighted by Gasteiger charge is 2.14. The van der Waals surface area contributed by atoms with Crippen LogP contribution in [0, 0.1) is 0 Å². The van der Waals surface area contributed by atoms with Crippen LogP contribution >= 0.6 is 0 Å². The topological polar surface area (TPSA) is 35.2 Å². The predicted molar refractivity (Wildman–Crippen MR) is 87.6 cm³/mol. The zero-order valence-corrected chi connectivity index (χ0v) is 13.8. The third kappa shape index (κ3) is 4.82. The van der Waals surface area contributed by atoms with Crippen molar-refractivity contribution in [3.63, 3.8) is 0 Å². The average Bonchev–Trinajstić information content (AvgIpc) is 2.40. The molecular formula is C18H31NO. The highest BCUT2D eigenvalue weighted by molar-refractivity contribution is 5.40. The minimum absolute atomic E-state index is 0.288. The minimum atomic E-state index is 0.288. The third-order valence-corrected chi connectivity index (χ3v) is 3.89. The molecule has 0 saturated heterocycles. The van der Waals surface area contributed by atoms with Crippen molar-refractivity contribution in [3.8, 4) is 5.75 Å². The van der Waals surface area contributed by atoms with Gasteiger partial charge in [0.05, 0.1) is 6.61 Å². The second kappa shape index (κ2) is 8.31. The number of hydrogen-bond acceptors (Lipinski definition) is 2. The first-order valence-corrected chi connectivity index (χ1v) is 8.01. The SMILES string of the molecule is CCOc1ccc(C(CC)CCC(C)N)cc1C(C)C. The van der Waals surface area contributed by atoms with Gasteiger partial charge in [-0.2, -0.15) is 0 Å². The van der Waals surface area contributed by atoms with Crippen molar-refractivity contribution in [1.29, 1.82) is 0 Å². The fourth-order valence-electron chi connectivity index (χ4n) is 2.63. The first kappa shape index (κ1) is 17.0. The molecule has 0 fully saturated rings. The van der Waals surface area contributed by atoms with E-state index in [2.05, 4.69) is 45.9 Å². The summed E-state index contributed by atoms with van der Waals surface area (Å²) in [6.07, 6.45) is 3.42. The molecule has 0 saturated carbocycles. The molecule has 0 aliphatic heterocycles. The first-order chi connectivity index (χ1) is 9.49. The van der Waals surface area contributed by atoms with Crippen LogP contribution < -0.4 is 10.5 Å². The number of benzene rings is 1. The molecule has 2 N–H and O–H groups in total. The molecule has 2 heteroatoms. The molecule has 114 valence electrons. The summed E-state index contributed by atoms with van der Waals surface area (Å²) in [5.41, 5.74) is 8.65. The van der Waals surface area contributed by atoms with E-state index in [1.807, 2.05) is 6.92 Å². The van der Waals surface area contributed by atoms with E-state index in [1.165, 1.54) is 17.5 Å². The molecule has 2 nitrogen and oxygen atoms in total. The van der Waals surface area contributed by atoms with E-state index in [1.54, 1.807) is 0 Å². The Morgan fingerprint density at radius 3 is 2.30 bits per heavy atom. The summed E-state index contributed by atoms with van der Waals surface area (Å²) in [5.74, 6) is 2.13. The van der Waals surface area contributed by atoms with Crippen LogP contribution in [-0.2, 0) is 0 Å². The largest absolute Gasteiger partial charge is 0.494 e. The lowest BCUT2D eigenvalue weighted by molar-refractivity contribution is 0.335. The van der Waals surface area contributed by atoms with Gasteiger partial charge >= 0.3 is 0 Å². The number of rotatable bonds is 8. The van der Waals surface area contributed by atoms with Crippen molar-refractivity contribution in [2.45, 2.75) is 71.8 Å². The molecular weight excluding hydrogens is 246 g/mol. The summed E-state index contributed by atoms with van der Waals surface area (Å²) in [5, 5.41) is 0. The van der Waals surface area contributed by atoms with Gasteiger partial charge in [0, 0.05) is 6.04 Å². The highest BCUT2D eigenvalue weighted by Crippen LogP contribution is 2.33. The maximum Gasteiger partial charge on any atom is 0.122 e. The Hall–Kier alpha value is -1.02. The van der Waals surface area contributed by atoms with Crippen LogP contribution in [0.2, 0.25) is 0 Å². The van der Waals surface area contributed by atoms with Gasteiger partial charge in [-0.1, -0.05) is 32.9 Å². The maximum atomic E-state index is 5.90. The smallest absolute Gasteiger partial charge is 0.122 e. The highest BCUT2D eigenvalue weighted by atomic mass is 16.5. The molecule has 0 aliphatic carbocycles. The van der Waals surface area contributed by atoms with E-state index in [0.717, 1.165) is 25.2 Å². The van der Waals surface area contributed by atoms with Gasteiger partial charge in [0.2, 0.25) is 0 Å². The van der Waals surface area contributed by atoms with Gasteiger partial charge in [-0.3, -0.25) is 0 Å². The molecule has 2 atom stereocenters. The molecule has 0 aliphatic rings. The van der Waals surface area contributed by atoms with E-state index in [-0.39, 0.29) is 6.04 Å². The average molecular weight is 277 g/mol. The van der Waals surface area contributed by atoms with Crippen LogP contribution in [0.15, 0.2) is 18.2 Å². The molecule has 0 heterocycles. The van der Waals surface area contributed by atoms with E-state index in [9.17, 15) is 0 Å². The zero-order valence-electron chi connectivity index (χ0n) is 13.8. The van der Waals surface area contributed by atoms with Gasteiger partial charge in [-0.25, -0.2) is 0 Å². The van der Waals surface area contributed by atoms with Crippen molar-refractivity contribution in [2.24, 2.45) is 5.73 Å². The van der Waals surface area contributed by atoms with Gasteiger partial charge in [0.25, 0.3) is 0 Å². The monoisotopic (exact) mass is 277 g/mol. The van der Waals surface area contributed by atoms with Crippen molar-refractivity contribution in [3.05, 3.63) is 29.3 Å². The van der Waals surface area contributed by atoms with E-state index < -0.39 is 0 Å². The predicted octanol–water partition coefficient (Wildman–Crippen LogP) is 4.83. The molecule has 0 amide bonds. The summed E-state index contributed by atoms with van der Waals surface area (Å²) < 4.78 is 5.74. The van der Waals surface area contributed by atoms with Crippen LogP contribution in [0.4, 0.5) is 0 Å². The van der Waals surface area contributed by atoms with Crippen molar-refractivity contribution < 1.29 is 4.74 Å². The van der Waals surface area contributed by atoms with Crippen molar-refractivity contribution in [2.75, 3.05) is 6.61 Å². The van der Waals surface area contributed by atoms with Crippen LogP contribution in [-0.4, -0.2) is 12.6 Å². The Balaban J connectivity index is 2.96. The fraction of sp³-hybridized carbons (Fsp3) is 0.667. The van der Waals surface area contributed by atoms with E-state index >= 15 is 0 Å². The molecule has 2 unspecified atom stereocenters. The van der Waals surface area contributed by atoms with E-state index in [0.29, 0.717) is 11.8 Å². The standard InChI is InChI=1S/C18H31NO/c1-6-15(9-8-14(5)19)16-10-11-18(20-7-2)17(12-16)13(3)4/h10-15H,6-9,19H2,1-5H3. The quantitative estimate of drug-likeness (QED) is 0.738. The van der Waals surface area contributed by atoms with Crippen LogP contribution in [0.3, 0.4) is 0 Å². The lowest BCUT2D eigenvalue weighted by Crippen LogP contribution is -2.15. The van der Waals surface area contributed by atoms with Gasteiger partial charge < -0.3 is 10.5 Å². The van der Waals surface area contributed by atoms with Gasteiger partial charge in [-0.15, -0.1) is 0 Å². The van der Waals surface area contributed by atoms with Crippen LogP contribution in [0.1, 0.15) is 76.8 Å². The normalized spacial score (nSPS) is 14.3. The fourth-order valence-corrected chi connectivity index (χ4v) is 2.63. The Labute approximate surface area is 124 Å². The second-order valence-corrected chi connectivity index (χ2v) is 6.04. The molecule has 1 rings (SSSR count). The second-order valence-electron chi connectivity index (χ2n) is 6.04. The lowest BCUT2D eigenvalue weighted by atomic mass is 9.88. The summed E-state index contributed by atoms with van der Waals surface area (Å²) in [7, 11) is 0. The Morgan fingerprint density at radius 2 is 1.80 bits per heavy atom. The molecule has 20 heavy (non-hydrogen) atoms. The summed E-state index contributed by atoms with van der Waals surface area (Å²) in [4.78, 5) is 0. The Bertz CT molecular complexity index is 398. The van der Waals surface area contributed by atoms with Crippen molar-refractivity contribution >= 4 is 0 Å². The number of nitrogens with two attached hydrogens (primary N) is 1. The van der Waals surface area contributed by atoms with Gasteiger partial charge in [0.15, 0.2) is 0 Å². The van der Waals surface area contributed by atoms with Crippen LogP contribution in [0.5, 0.6) is 5.75 Å². The van der Waals surface area contributed by atoms with Crippen LogP contribution in [0.25, 0.3) is 0 Å². The molecule has 0 aromatic heterocycles. The minimum Gasteiger partial charge on any atom is -0.494 e. The molecule has 1 aromatic rings. The number of hydrogen-bond donors (Lipinski definition) is 1.